The largest absolute Gasteiger partial charge is 0.497 e. The van der Waals surface area contributed by atoms with Gasteiger partial charge in [0.25, 0.3) is 5.91 Å². The summed E-state index contributed by atoms with van der Waals surface area (Å²) in [6.45, 7) is 3.97. The van der Waals surface area contributed by atoms with Crippen LogP contribution in [0.4, 0.5) is 0 Å². The van der Waals surface area contributed by atoms with E-state index in [2.05, 4.69) is 15.2 Å². The first-order chi connectivity index (χ1) is 11.6. The normalized spacial score (nSPS) is 21.2. The van der Waals surface area contributed by atoms with Gasteiger partial charge in [0.1, 0.15) is 5.75 Å². The Bertz CT molecular complexity index is 786. The summed E-state index contributed by atoms with van der Waals surface area (Å²) in [4.78, 5) is 19.8. The van der Waals surface area contributed by atoms with Crippen molar-refractivity contribution in [3.8, 4) is 5.75 Å². The number of aromatic nitrogens is 1. The van der Waals surface area contributed by atoms with Crippen LogP contribution >= 0.6 is 0 Å². The highest BCUT2D eigenvalue weighted by Crippen LogP contribution is 2.30. The summed E-state index contributed by atoms with van der Waals surface area (Å²) < 4.78 is 5.24. The molecule has 126 valence electrons. The van der Waals surface area contributed by atoms with Gasteiger partial charge in [-0.1, -0.05) is 0 Å². The van der Waals surface area contributed by atoms with Gasteiger partial charge < -0.3 is 10.1 Å². The van der Waals surface area contributed by atoms with Crippen LogP contribution in [0.5, 0.6) is 5.75 Å². The molecule has 2 fully saturated rings. The van der Waals surface area contributed by atoms with Gasteiger partial charge in [0.2, 0.25) is 0 Å². The van der Waals surface area contributed by atoms with Gasteiger partial charge in [0.05, 0.1) is 23.9 Å². The standard InChI is InChI=1S/C19H23N3O2/c1-12-17(9-13-3-6-16(24-2)10-18(13)20-12)19(23)21-14-7-8-22(11-14)15-4-5-15/h3,6,9-10,14-15H,4-5,7-8,11H2,1-2H3,(H,21,23)/t14-/m0/s1. The third-order valence-electron chi connectivity index (χ3n) is 5.08. The van der Waals surface area contributed by atoms with E-state index in [1.54, 1.807) is 7.11 Å². The Kier molecular flexibility index (Phi) is 3.88. The number of benzene rings is 1. The zero-order valence-electron chi connectivity index (χ0n) is 14.2. The molecule has 0 bridgehead atoms. The topological polar surface area (TPSA) is 54.5 Å². The van der Waals surface area contributed by atoms with Crippen LogP contribution in [0.15, 0.2) is 24.3 Å². The second kappa shape index (κ2) is 6.06. The van der Waals surface area contributed by atoms with Gasteiger partial charge in [-0.05, 0) is 44.4 Å². The van der Waals surface area contributed by atoms with Gasteiger partial charge in [0.15, 0.2) is 0 Å². The molecule has 2 heterocycles. The van der Waals surface area contributed by atoms with Gasteiger partial charge in [-0.3, -0.25) is 14.7 Å². The summed E-state index contributed by atoms with van der Waals surface area (Å²) in [7, 11) is 1.64. The first-order valence-corrected chi connectivity index (χ1v) is 8.64. The number of amides is 1. The number of carbonyl (C=O) groups excluding carboxylic acids is 1. The molecule has 0 spiro atoms. The minimum Gasteiger partial charge on any atom is -0.497 e. The molecule has 0 unspecified atom stereocenters. The van der Waals surface area contributed by atoms with Crippen molar-refractivity contribution in [3.05, 3.63) is 35.5 Å². The van der Waals surface area contributed by atoms with E-state index in [9.17, 15) is 4.79 Å². The Labute approximate surface area is 142 Å². The third-order valence-corrected chi connectivity index (χ3v) is 5.08. The number of methoxy groups -OCH3 is 1. The van der Waals surface area contributed by atoms with Crippen LogP contribution in [0.1, 0.15) is 35.3 Å². The maximum atomic E-state index is 12.7. The maximum Gasteiger partial charge on any atom is 0.253 e. The van der Waals surface area contributed by atoms with Crippen LogP contribution in [0.3, 0.4) is 0 Å². The van der Waals surface area contributed by atoms with E-state index in [4.69, 9.17) is 4.74 Å². The predicted molar refractivity (Wildman–Crippen MR) is 93.5 cm³/mol. The van der Waals surface area contributed by atoms with Crippen molar-refractivity contribution in [2.24, 2.45) is 0 Å². The van der Waals surface area contributed by atoms with Crippen LogP contribution in [0.25, 0.3) is 10.9 Å². The maximum absolute atomic E-state index is 12.7. The zero-order chi connectivity index (χ0) is 16.7. The molecule has 1 atom stereocenters. The lowest BCUT2D eigenvalue weighted by molar-refractivity contribution is 0.0936. The molecular weight excluding hydrogens is 302 g/mol. The molecule has 2 aliphatic rings. The average Bonchev–Trinajstić information content (AvgIpc) is 3.33. The molecule has 1 amide bonds. The molecule has 1 N–H and O–H groups in total. The second-order valence-electron chi connectivity index (χ2n) is 6.87. The van der Waals surface area contributed by atoms with Crippen molar-refractivity contribution in [3.63, 3.8) is 0 Å². The lowest BCUT2D eigenvalue weighted by Gasteiger charge is -2.16. The highest BCUT2D eigenvalue weighted by Gasteiger charge is 2.34. The average molecular weight is 325 g/mol. The van der Waals surface area contributed by atoms with Crippen molar-refractivity contribution in [1.82, 2.24) is 15.2 Å². The van der Waals surface area contributed by atoms with Gasteiger partial charge in [0, 0.05) is 36.6 Å². The fourth-order valence-corrected chi connectivity index (χ4v) is 3.54. The quantitative estimate of drug-likeness (QED) is 0.938. The number of hydrogen-bond acceptors (Lipinski definition) is 4. The molecule has 0 radical (unpaired) electrons. The van der Waals surface area contributed by atoms with E-state index < -0.39 is 0 Å². The molecule has 5 nitrogen and oxygen atoms in total. The highest BCUT2D eigenvalue weighted by molar-refractivity contribution is 5.99. The lowest BCUT2D eigenvalue weighted by atomic mass is 10.1. The van der Waals surface area contributed by atoms with Crippen LogP contribution in [0.2, 0.25) is 0 Å². The van der Waals surface area contributed by atoms with Crippen LogP contribution < -0.4 is 10.1 Å². The van der Waals surface area contributed by atoms with Crippen molar-refractivity contribution < 1.29 is 9.53 Å². The van der Waals surface area contributed by atoms with Crippen molar-refractivity contribution >= 4 is 16.8 Å². The summed E-state index contributed by atoms with van der Waals surface area (Å²) in [5.74, 6) is 0.762. The van der Waals surface area contributed by atoms with E-state index in [0.29, 0.717) is 5.56 Å². The molecule has 4 rings (SSSR count). The molecule has 5 heteroatoms. The van der Waals surface area contributed by atoms with Crippen molar-refractivity contribution in [2.45, 2.75) is 38.3 Å². The fraction of sp³-hybridized carbons (Fsp3) is 0.474. The molecule has 1 saturated heterocycles. The van der Waals surface area contributed by atoms with Crippen LogP contribution in [-0.4, -0.2) is 48.1 Å². The van der Waals surface area contributed by atoms with Gasteiger partial charge in [-0.15, -0.1) is 0 Å². The minimum atomic E-state index is -0.0136. The number of nitrogens with zero attached hydrogens (tertiary/aromatic N) is 2. The fourth-order valence-electron chi connectivity index (χ4n) is 3.54. The van der Waals surface area contributed by atoms with Gasteiger partial charge in [-0.25, -0.2) is 0 Å². The van der Waals surface area contributed by atoms with Gasteiger partial charge >= 0.3 is 0 Å². The Morgan fingerprint density at radius 2 is 2.12 bits per heavy atom. The Morgan fingerprint density at radius 3 is 2.88 bits per heavy atom. The van der Waals surface area contributed by atoms with E-state index in [1.807, 2.05) is 31.2 Å². The molecule has 1 aromatic heterocycles. The second-order valence-corrected chi connectivity index (χ2v) is 6.87. The summed E-state index contributed by atoms with van der Waals surface area (Å²) in [6.07, 6.45) is 3.68. The molecule has 1 aliphatic heterocycles. The number of aryl methyl sites for hydroxylation is 1. The zero-order valence-corrected chi connectivity index (χ0v) is 14.2. The minimum absolute atomic E-state index is 0.0136. The summed E-state index contributed by atoms with van der Waals surface area (Å²) in [5.41, 5.74) is 2.27. The molecular formula is C19H23N3O2. The first-order valence-electron chi connectivity index (χ1n) is 8.64. The Morgan fingerprint density at radius 1 is 1.29 bits per heavy atom. The molecule has 1 aliphatic carbocycles. The van der Waals surface area contributed by atoms with E-state index in [1.165, 1.54) is 12.8 Å². The van der Waals surface area contributed by atoms with E-state index in [0.717, 1.165) is 47.9 Å². The van der Waals surface area contributed by atoms with Crippen LogP contribution in [0, 0.1) is 6.92 Å². The van der Waals surface area contributed by atoms with Gasteiger partial charge in [-0.2, -0.15) is 0 Å². The van der Waals surface area contributed by atoms with E-state index >= 15 is 0 Å². The predicted octanol–water partition coefficient (Wildman–Crippen LogP) is 2.52. The number of hydrogen-bond donors (Lipinski definition) is 1. The molecule has 2 aromatic rings. The number of fused-ring (bicyclic) bond motifs is 1. The first kappa shape index (κ1) is 15.4. The number of carbonyl (C=O) groups is 1. The number of pyridine rings is 1. The number of rotatable bonds is 4. The smallest absolute Gasteiger partial charge is 0.253 e. The number of nitrogens with one attached hydrogen (secondary N) is 1. The summed E-state index contributed by atoms with van der Waals surface area (Å²) >= 11 is 0. The molecule has 24 heavy (non-hydrogen) atoms. The lowest BCUT2D eigenvalue weighted by Crippen LogP contribution is -2.37. The van der Waals surface area contributed by atoms with E-state index in [-0.39, 0.29) is 11.9 Å². The third kappa shape index (κ3) is 2.96. The molecule has 1 saturated carbocycles. The van der Waals surface area contributed by atoms with Crippen molar-refractivity contribution in [1.29, 1.82) is 0 Å². The number of likely N-dealkylation sites (tertiary alicyclic amines) is 1. The highest BCUT2D eigenvalue weighted by atomic mass is 16.5. The number of ether oxygens (including phenoxy) is 1. The summed E-state index contributed by atoms with van der Waals surface area (Å²) in [5, 5.41) is 4.15. The van der Waals surface area contributed by atoms with Crippen molar-refractivity contribution in [2.75, 3.05) is 20.2 Å². The SMILES string of the molecule is COc1ccc2cc(C(=O)N[C@H]3CCN(C4CC4)C3)c(C)nc2c1. The monoisotopic (exact) mass is 325 g/mol. The van der Waals surface area contributed by atoms with Crippen LogP contribution in [-0.2, 0) is 0 Å². The Balaban J connectivity index is 1.52. The Hall–Kier alpha value is -2.14. The summed E-state index contributed by atoms with van der Waals surface area (Å²) in [6, 6.07) is 8.69. The molecule has 1 aromatic carbocycles.